The van der Waals surface area contributed by atoms with Crippen molar-refractivity contribution in [3.8, 4) is 0 Å². The van der Waals surface area contributed by atoms with E-state index in [0.29, 0.717) is 5.92 Å². The van der Waals surface area contributed by atoms with Gasteiger partial charge in [0.25, 0.3) is 0 Å². The first-order valence-electron chi connectivity index (χ1n) is 4.61. The molecular weight excluding hydrogens is 166 g/mol. The molecule has 2 rings (SSSR count). The first-order valence-corrected chi connectivity index (χ1v) is 4.61. The third-order valence-electron chi connectivity index (χ3n) is 2.46. The van der Waals surface area contributed by atoms with Crippen molar-refractivity contribution in [2.45, 2.75) is 18.8 Å². The van der Waals surface area contributed by atoms with Crippen molar-refractivity contribution < 1.29 is 0 Å². The molecule has 13 heavy (non-hydrogen) atoms. The van der Waals surface area contributed by atoms with Gasteiger partial charge in [-0.15, -0.1) is 0 Å². The second kappa shape index (κ2) is 3.70. The average molecular weight is 179 g/mol. The fourth-order valence-electron chi connectivity index (χ4n) is 1.71. The molecule has 1 fully saturated rings. The number of nitrogens with zero attached hydrogens (tertiary/aromatic N) is 1. The Kier molecular flexibility index (Phi) is 2.40. The molecular formula is C9H13N3O. The van der Waals surface area contributed by atoms with Crippen LogP contribution in [-0.2, 0) is 0 Å². The number of hydrogen-bond acceptors (Lipinski definition) is 3. The Morgan fingerprint density at radius 2 is 2.46 bits per heavy atom. The summed E-state index contributed by atoms with van der Waals surface area (Å²) in [6.45, 7) is 2.10. The van der Waals surface area contributed by atoms with Crippen molar-refractivity contribution in [3.63, 3.8) is 0 Å². The molecule has 1 aliphatic rings. The van der Waals surface area contributed by atoms with Crippen LogP contribution < -0.4 is 11.0 Å². The van der Waals surface area contributed by atoms with E-state index < -0.39 is 0 Å². The van der Waals surface area contributed by atoms with Crippen LogP contribution in [0.3, 0.4) is 0 Å². The molecule has 2 N–H and O–H groups in total. The zero-order chi connectivity index (χ0) is 9.10. The highest BCUT2D eigenvalue weighted by atomic mass is 16.1. The van der Waals surface area contributed by atoms with Gasteiger partial charge in [-0.1, -0.05) is 0 Å². The highest BCUT2D eigenvalue weighted by molar-refractivity contribution is 5.11. The Morgan fingerprint density at radius 3 is 3.08 bits per heavy atom. The first kappa shape index (κ1) is 8.44. The summed E-state index contributed by atoms with van der Waals surface area (Å²) in [5.74, 6) is 0.512. The van der Waals surface area contributed by atoms with E-state index in [1.54, 1.807) is 12.4 Å². The summed E-state index contributed by atoms with van der Waals surface area (Å²) in [5.41, 5.74) is 0.860. The Hall–Kier alpha value is -1.16. The van der Waals surface area contributed by atoms with Crippen molar-refractivity contribution in [2.24, 2.45) is 0 Å². The van der Waals surface area contributed by atoms with Crippen LogP contribution in [0.25, 0.3) is 0 Å². The van der Waals surface area contributed by atoms with E-state index in [0.717, 1.165) is 18.7 Å². The van der Waals surface area contributed by atoms with E-state index in [2.05, 4.69) is 15.3 Å². The predicted molar refractivity (Wildman–Crippen MR) is 49.7 cm³/mol. The minimum atomic E-state index is -0.271. The molecule has 1 aliphatic heterocycles. The van der Waals surface area contributed by atoms with E-state index in [-0.39, 0.29) is 5.69 Å². The molecule has 70 valence electrons. The van der Waals surface area contributed by atoms with Crippen LogP contribution in [0.2, 0.25) is 0 Å². The van der Waals surface area contributed by atoms with Gasteiger partial charge in [0, 0.05) is 18.9 Å². The largest absolute Gasteiger partial charge is 0.344 e. The molecule has 0 bridgehead atoms. The summed E-state index contributed by atoms with van der Waals surface area (Å²) in [4.78, 5) is 17.0. The van der Waals surface area contributed by atoms with Gasteiger partial charge < -0.3 is 10.3 Å². The van der Waals surface area contributed by atoms with Crippen LogP contribution in [-0.4, -0.2) is 23.1 Å². The summed E-state index contributed by atoms with van der Waals surface area (Å²) in [5, 5.41) is 3.33. The van der Waals surface area contributed by atoms with Gasteiger partial charge in [0.1, 0.15) is 0 Å². The fourth-order valence-corrected chi connectivity index (χ4v) is 1.71. The van der Waals surface area contributed by atoms with Crippen LogP contribution >= 0.6 is 0 Å². The summed E-state index contributed by atoms with van der Waals surface area (Å²) in [6.07, 6.45) is 5.83. The average Bonchev–Trinajstić information content (AvgIpc) is 2.20. The van der Waals surface area contributed by atoms with Crippen LogP contribution in [0.5, 0.6) is 0 Å². The summed E-state index contributed by atoms with van der Waals surface area (Å²) >= 11 is 0. The van der Waals surface area contributed by atoms with Gasteiger partial charge in [0.05, 0.1) is 0 Å². The lowest BCUT2D eigenvalue weighted by Crippen LogP contribution is -2.28. The number of aromatic amines is 1. The lowest BCUT2D eigenvalue weighted by molar-refractivity contribution is 0.459. The predicted octanol–water partition coefficient (Wildman–Crippen LogP) is 0.237. The van der Waals surface area contributed by atoms with E-state index in [1.807, 2.05) is 0 Å². The third kappa shape index (κ3) is 1.95. The summed E-state index contributed by atoms with van der Waals surface area (Å²) in [7, 11) is 0. The number of H-pyrrole nitrogens is 1. The third-order valence-corrected chi connectivity index (χ3v) is 2.46. The Morgan fingerprint density at radius 1 is 1.54 bits per heavy atom. The lowest BCUT2D eigenvalue weighted by Gasteiger charge is -2.22. The zero-order valence-electron chi connectivity index (χ0n) is 7.42. The second-order valence-electron chi connectivity index (χ2n) is 3.40. The topological polar surface area (TPSA) is 57.8 Å². The molecule has 2 heterocycles. The number of piperidine rings is 1. The van der Waals surface area contributed by atoms with Crippen molar-refractivity contribution in [1.82, 2.24) is 15.3 Å². The molecule has 4 heteroatoms. The van der Waals surface area contributed by atoms with Crippen LogP contribution in [0, 0.1) is 0 Å². The molecule has 1 aromatic rings. The zero-order valence-corrected chi connectivity index (χ0v) is 7.42. The smallest absolute Gasteiger partial charge is 0.316 e. The van der Waals surface area contributed by atoms with Crippen LogP contribution in [0.1, 0.15) is 24.3 Å². The van der Waals surface area contributed by atoms with Crippen LogP contribution in [0.4, 0.5) is 0 Å². The standard InChI is InChI=1S/C9H13N3O/c13-9-11-5-8(6-12-9)7-2-1-3-10-4-7/h5-7,10H,1-4H2,(H,11,12,13). The Balaban J connectivity index is 2.14. The Labute approximate surface area is 76.4 Å². The molecule has 0 amide bonds. The number of hydrogen-bond donors (Lipinski definition) is 2. The molecule has 0 spiro atoms. The molecule has 1 atom stereocenters. The SMILES string of the molecule is O=c1ncc(C2CCCNC2)c[nH]1. The monoisotopic (exact) mass is 179 g/mol. The molecule has 0 aromatic carbocycles. The van der Waals surface area contributed by atoms with Gasteiger partial charge in [-0.2, -0.15) is 0 Å². The number of aromatic nitrogens is 2. The summed E-state index contributed by atoms with van der Waals surface area (Å²) < 4.78 is 0. The maximum atomic E-state index is 10.7. The molecule has 0 radical (unpaired) electrons. The fraction of sp³-hybridized carbons (Fsp3) is 0.556. The highest BCUT2D eigenvalue weighted by Gasteiger charge is 2.14. The number of nitrogens with one attached hydrogen (secondary N) is 2. The van der Waals surface area contributed by atoms with Crippen molar-refractivity contribution in [1.29, 1.82) is 0 Å². The van der Waals surface area contributed by atoms with Crippen molar-refractivity contribution in [2.75, 3.05) is 13.1 Å². The molecule has 4 nitrogen and oxygen atoms in total. The van der Waals surface area contributed by atoms with E-state index in [9.17, 15) is 4.79 Å². The molecule has 1 unspecified atom stereocenters. The molecule has 0 aliphatic carbocycles. The van der Waals surface area contributed by atoms with E-state index >= 15 is 0 Å². The highest BCUT2D eigenvalue weighted by Crippen LogP contribution is 2.20. The molecule has 0 saturated carbocycles. The van der Waals surface area contributed by atoms with E-state index in [1.165, 1.54) is 12.8 Å². The van der Waals surface area contributed by atoms with Crippen molar-refractivity contribution >= 4 is 0 Å². The van der Waals surface area contributed by atoms with Gasteiger partial charge in [-0.3, -0.25) is 0 Å². The number of rotatable bonds is 1. The van der Waals surface area contributed by atoms with Crippen LogP contribution in [0.15, 0.2) is 17.2 Å². The maximum Gasteiger partial charge on any atom is 0.344 e. The minimum absolute atomic E-state index is 0.271. The maximum absolute atomic E-state index is 10.7. The van der Waals surface area contributed by atoms with Gasteiger partial charge >= 0.3 is 5.69 Å². The van der Waals surface area contributed by atoms with Gasteiger partial charge in [-0.25, -0.2) is 9.78 Å². The second-order valence-corrected chi connectivity index (χ2v) is 3.40. The summed E-state index contributed by atoms with van der Waals surface area (Å²) in [6, 6.07) is 0. The van der Waals surface area contributed by atoms with E-state index in [4.69, 9.17) is 0 Å². The van der Waals surface area contributed by atoms with Gasteiger partial charge in [-0.05, 0) is 30.9 Å². The minimum Gasteiger partial charge on any atom is -0.316 e. The van der Waals surface area contributed by atoms with Crippen molar-refractivity contribution in [3.05, 3.63) is 28.4 Å². The quantitative estimate of drug-likeness (QED) is 0.649. The molecule has 1 saturated heterocycles. The lowest BCUT2D eigenvalue weighted by atomic mass is 9.94. The Bertz CT molecular complexity index is 307. The normalized spacial score (nSPS) is 22.9. The first-order chi connectivity index (χ1) is 6.36. The van der Waals surface area contributed by atoms with Gasteiger partial charge in [0.2, 0.25) is 0 Å². The van der Waals surface area contributed by atoms with Gasteiger partial charge in [0.15, 0.2) is 0 Å². The molecule has 1 aromatic heterocycles.